The Morgan fingerprint density at radius 2 is 1.65 bits per heavy atom. The van der Waals surface area contributed by atoms with Gasteiger partial charge in [0, 0.05) is 48.3 Å². The molecule has 2 rings (SSSR count). The van der Waals surface area contributed by atoms with Crippen molar-refractivity contribution < 1.29 is 4.79 Å². The van der Waals surface area contributed by atoms with Crippen molar-refractivity contribution in [1.82, 2.24) is 9.88 Å². The second-order valence-corrected chi connectivity index (χ2v) is 5.49. The van der Waals surface area contributed by atoms with Gasteiger partial charge in [0.25, 0.3) is 0 Å². The minimum absolute atomic E-state index is 0.00241. The van der Waals surface area contributed by atoms with E-state index in [0.717, 1.165) is 10.0 Å². The summed E-state index contributed by atoms with van der Waals surface area (Å²) in [7, 11) is 3.80. The molecule has 0 bridgehead atoms. The molecule has 0 aliphatic carbocycles. The summed E-state index contributed by atoms with van der Waals surface area (Å²) in [6.45, 7) is 0. The Morgan fingerprint density at radius 3 is 2.20 bits per heavy atom. The number of allylic oxidation sites excluding steroid dienone is 1. The van der Waals surface area contributed by atoms with Gasteiger partial charge < -0.3 is 4.90 Å². The van der Waals surface area contributed by atoms with E-state index in [1.54, 1.807) is 12.4 Å². The van der Waals surface area contributed by atoms with Gasteiger partial charge >= 0.3 is 0 Å². The minimum Gasteiger partial charge on any atom is -0.383 e. The molecule has 3 nitrogen and oxygen atoms in total. The zero-order chi connectivity index (χ0) is 14.5. The highest BCUT2D eigenvalue weighted by molar-refractivity contribution is 9.10. The van der Waals surface area contributed by atoms with Gasteiger partial charge in [0.1, 0.15) is 0 Å². The third-order valence-corrected chi connectivity index (χ3v) is 3.26. The van der Waals surface area contributed by atoms with Crippen molar-refractivity contribution >= 4 is 27.3 Å². The molecule has 0 amide bonds. The number of benzene rings is 1. The SMILES string of the molecule is CN(C)C=C(C(=O)c1ccc(Br)cc1)c1ccncc1. The Hall–Kier alpha value is -1.94. The van der Waals surface area contributed by atoms with Gasteiger partial charge in [-0.15, -0.1) is 0 Å². The first kappa shape index (κ1) is 14.5. The number of aromatic nitrogens is 1. The molecule has 1 aromatic carbocycles. The lowest BCUT2D eigenvalue weighted by Gasteiger charge is -2.11. The summed E-state index contributed by atoms with van der Waals surface area (Å²) < 4.78 is 0.955. The van der Waals surface area contributed by atoms with Crippen LogP contribution in [-0.4, -0.2) is 29.8 Å². The summed E-state index contributed by atoms with van der Waals surface area (Å²) >= 11 is 3.37. The van der Waals surface area contributed by atoms with E-state index >= 15 is 0 Å². The summed E-state index contributed by atoms with van der Waals surface area (Å²) in [4.78, 5) is 18.5. The molecule has 0 fully saturated rings. The first-order valence-electron chi connectivity index (χ1n) is 6.17. The molecule has 0 atom stereocenters. The van der Waals surface area contributed by atoms with Crippen molar-refractivity contribution in [1.29, 1.82) is 0 Å². The van der Waals surface area contributed by atoms with Gasteiger partial charge in [-0.1, -0.05) is 15.9 Å². The lowest BCUT2D eigenvalue weighted by molar-refractivity contribution is 0.105. The highest BCUT2D eigenvalue weighted by atomic mass is 79.9. The van der Waals surface area contributed by atoms with Crippen molar-refractivity contribution in [2.45, 2.75) is 0 Å². The van der Waals surface area contributed by atoms with E-state index < -0.39 is 0 Å². The van der Waals surface area contributed by atoms with E-state index in [2.05, 4.69) is 20.9 Å². The van der Waals surface area contributed by atoms with Crippen molar-refractivity contribution in [2.24, 2.45) is 0 Å². The van der Waals surface area contributed by atoms with Crippen molar-refractivity contribution in [3.8, 4) is 0 Å². The van der Waals surface area contributed by atoms with E-state index in [1.165, 1.54) is 0 Å². The standard InChI is InChI=1S/C16H15BrN2O/c1-19(2)11-15(12-7-9-18-10-8-12)16(20)13-3-5-14(17)6-4-13/h3-11H,1-2H3. The Morgan fingerprint density at radius 1 is 1.05 bits per heavy atom. The number of carbonyl (C=O) groups is 1. The molecule has 1 heterocycles. The van der Waals surface area contributed by atoms with Gasteiger partial charge in [0.05, 0.1) is 0 Å². The maximum atomic E-state index is 12.7. The predicted molar refractivity (Wildman–Crippen MR) is 84.4 cm³/mol. The van der Waals surface area contributed by atoms with E-state index in [4.69, 9.17) is 0 Å². The number of rotatable bonds is 4. The van der Waals surface area contributed by atoms with E-state index in [1.807, 2.05) is 61.6 Å². The van der Waals surface area contributed by atoms with Crippen LogP contribution >= 0.6 is 15.9 Å². The Balaban J connectivity index is 2.42. The molecule has 0 N–H and O–H groups in total. The molecular weight excluding hydrogens is 316 g/mol. The average Bonchev–Trinajstić information content (AvgIpc) is 2.45. The topological polar surface area (TPSA) is 33.2 Å². The Labute approximate surface area is 127 Å². The number of pyridine rings is 1. The zero-order valence-electron chi connectivity index (χ0n) is 11.4. The first-order valence-corrected chi connectivity index (χ1v) is 6.96. The molecule has 0 saturated carbocycles. The van der Waals surface area contributed by atoms with Gasteiger partial charge in [-0.05, 0) is 42.0 Å². The molecule has 4 heteroatoms. The molecule has 0 aliphatic heterocycles. The zero-order valence-corrected chi connectivity index (χ0v) is 13.0. The second-order valence-electron chi connectivity index (χ2n) is 4.58. The third kappa shape index (κ3) is 3.54. The molecule has 0 spiro atoms. The number of hydrogen-bond donors (Lipinski definition) is 0. The first-order chi connectivity index (χ1) is 9.58. The molecule has 0 radical (unpaired) electrons. The largest absolute Gasteiger partial charge is 0.383 e. The fourth-order valence-corrected chi connectivity index (χ4v) is 2.08. The summed E-state index contributed by atoms with van der Waals surface area (Å²) in [5.74, 6) is -0.00241. The number of halogens is 1. The van der Waals surface area contributed by atoms with Crippen LogP contribution in [0.2, 0.25) is 0 Å². The quantitative estimate of drug-likeness (QED) is 0.634. The predicted octanol–water partition coefficient (Wildman–Crippen LogP) is 3.63. The number of carbonyl (C=O) groups excluding carboxylic acids is 1. The Kier molecular flexibility index (Phi) is 4.69. The van der Waals surface area contributed by atoms with Crippen LogP contribution in [0, 0.1) is 0 Å². The third-order valence-electron chi connectivity index (χ3n) is 2.73. The van der Waals surface area contributed by atoms with Crippen molar-refractivity contribution in [3.63, 3.8) is 0 Å². The van der Waals surface area contributed by atoms with E-state index in [-0.39, 0.29) is 5.78 Å². The van der Waals surface area contributed by atoms with Crippen LogP contribution in [0.1, 0.15) is 15.9 Å². The van der Waals surface area contributed by atoms with Gasteiger partial charge in [0.15, 0.2) is 5.78 Å². The highest BCUT2D eigenvalue weighted by Crippen LogP contribution is 2.21. The second kappa shape index (κ2) is 6.48. The van der Waals surface area contributed by atoms with Gasteiger partial charge in [-0.25, -0.2) is 0 Å². The van der Waals surface area contributed by atoms with E-state index in [0.29, 0.717) is 11.1 Å². The van der Waals surface area contributed by atoms with Crippen LogP contribution in [0.3, 0.4) is 0 Å². The van der Waals surface area contributed by atoms with Crippen LogP contribution in [0.4, 0.5) is 0 Å². The van der Waals surface area contributed by atoms with Crippen LogP contribution in [0.25, 0.3) is 5.57 Å². The summed E-state index contributed by atoms with van der Waals surface area (Å²) in [6, 6.07) is 11.0. The number of Topliss-reactive ketones (excluding diaryl/α,β-unsaturated/α-hetero) is 1. The van der Waals surface area contributed by atoms with Crippen molar-refractivity contribution in [3.05, 3.63) is 70.6 Å². The normalized spacial score (nSPS) is 11.2. The smallest absolute Gasteiger partial charge is 0.195 e. The lowest BCUT2D eigenvalue weighted by Crippen LogP contribution is -2.09. The minimum atomic E-state index is -0.00241. The van der Waals surface area contributed by atoms with Crippen molar-refractivity contribution in [2.75, 3.05) is 14.1 Å². The molecule has 2 aromatic rings. The van der Waals surface area contributed by atoms with E-state index in [9.17, 15) is 4.79 Å². The molecule has 102 valence electrons. The number of nitrogens with zero attached hydrogens (tertiary/aromatic N) is 2. The summed E-state index contributed by atoms with van der Waals surface area (Å²) in [5.41, 5.74) is 2.18. The summed E-state index contributed by atoms with van der Waals surface area (Å²) in [5, 5.41) is 0. The molecular formula is C16H15BrN2O. The molecule has 0 unspecified atom stereocenters. The number of hydrogen-bond acceptors (Lipinski definition) is 3. The average molecular weight is 331 g/mol. The maximum Gasteiger partial charge on any atom is 0.195 e. The molecule has 1 aromatic heterocycles. The van der Waals surface area contributed by atoms with Gasteiger partial charge in [-0.2, -0.15) is 0 Å². The van der Waals surface area contributed by atoms with Crippen LogP contribution < -0.4 is 0 Å². The summed E-state index contributed by atoms with van der Waals surface area (Å²) in [6.07, 6.45) is 5.21. The maximum absolute atomic E-state index is 12.7. The lowest BCUT2D eigenvalue weighted by atomic mass is 9.98. The highest BCUT2D eigenvalue weighted by Gasteiger charge is 2.14. The number of ketones is 1. The molecule has 20 heavy (non-hydrogen) atoms. The van der Waals surface area contributed by atoms with Gasteiger partial charge in [0.2, 0.25) is 0 Å². The van der Waals surface area contributed by atoms with Crippen LogP contribution in [-0.2, 0) is 0 Å². The Bertz CT molecular complexity index is 619. The molecule has 0 saturated heterocycles. The van der Waals surface area contributed by atoms with Crippen LogP contribution in [0.5, 0.6) is 0 Å². The molecule has 0 aliphatic rings. The fraction of sp³-hybridized carbons (Fsp3) is 0.125. The van der Waals surface area contributed by atoms with Gasteiger partial charge in [-0.3, -0.25) is 9.78 Å². The van der Waals surface area contributed by atoms with Crippen LogP contribution in [0.15, 0.2) is 59.5 Å². The monoisotopic (exact) mass is 330 g/mol. The fourth-order valence-electron chi connectivity index (χ4n) is 1.81.